The molecule has 0 N–H and O–H groups in total. The SMILES string of the molecule is CCC(=O)OCc1cc(=O)n2nc(C3CC3)sc2n1. The molecule has 1 aliphatic carbocycles. The van der Waals surface area contributed by atoms with Crippen molar-refractivity contribution in [3.8, 4) is 0 Å². The van der Waals surface area contributed by atoms with Crippen LogP contribution in [0.4, 0.5) is 0 Å². The summed E-state index contributed by atoms with van der Waals surface area (Å²) in [6.07, 6.45) is 2.58. The highest BCUT2D eigenvalue weighted by Gasteiger charge is 2.28. The molecule has 7 heteroatoms. The molecule has 0 saturated heterocycles. The molecule has 1 aliphatic rings. The monoisotopic (exact) mass is 279 g/mol. The van der Waals surface area contributed by atoms with Crippen molar-refractivity contribution >= 4 is 22.3 Å². The molecular formula is C12H13N3O3S. The number of aromatic nitrogens is 3. The molecular weight excluding hydrogens is 266 g/mol. The molecule has 1 saturated carbocycles. The van der Waals surface area contributed by atoms with Crippen molar-refractivity contribution in [1.82, 2.24) is 14.6 Å². The van der Waals surface area contributed by atoms with Crippen molar-refractivity contribution in [2.75, 3.05) is 0 Å². The molecule has 19 heavy (non-hydrogen) atoms. The van der Waals surface area contributed by atoms with E-state index in [9.17, 15) is 9.59 Å². The minimum Gasteiger partial charge on any atom is -0.459 e. The molecule has 0 bridgehead atoms. The smallest absolute Gasteiger partial charge is 0.305 e. The Morgan fingerprint density at radius 3 is 3.05 bits per heavy atom. The van der Waals surface area contributed by atoms with E-state index in [2.05, 4.69) is 10.1 Å². The van der Waals surface area contributed by atoms with Gasteiger partial charge >= 0.3 is 5.97 Å². The molecule has 0 amide bonds. The van der Waals surface area contributed by atoms with Crippen LogP contribution in [-0.2, 0) is 16.1 Å². The number of fused-ring (bicyclic) bond motifs is 1. The minimum atomic E-state index is -0.301. The highest BCUT2D eigenvalue weighted by atomic mass is 32.1. The van der Waals surface area contributed by atoms with E-state index in [4.69, 9.17) is 4.74 Å². The summed E-state index contributed by atoms with van der Waals surface area (Å²) in [5.74, 6) is 0.192. The Bertz CT molecular complexity index is 687. The van der Waals surface area contributed by atoms with E-state index in [0.29, 0.717) is 23.0 Å². The highest BCUT2D eigenvalue weighted by molar-refractivity contribution is 7.16. The van der Waals surface area contributed by atoms with Crippen molar-refractivity contribution in [2.24, 2.45) is 0 Å². The quantitative estimate of drug-likeness (QED) is 0.793. The zero-order valence-electron chi connectivity index (χ0n) is 10.5. The summed E-state index contributed by atoms with van der Waals surface area (Å²) in [7, 11) is 0. The average molecular weight is 279 g/mol. The van der Waals surface area contributed by atoms with Gasteiger partial charge in [-0.3, -0.25) is 9.59 Å². The summed E-state index contributed by atoms with van der Waals surface area (Å²) in [6, 6.07) is 1.37. The second kappa shape index (κ2) is 4.73. The number of nitrogens with zero attached hydrogens (tertiary/aromatic N) is 3. The zero-order chi connectivity index (χ0) is 13.4. The predicted octanol–water partition coefficient (Wildman–Crippen LogP) is 1.48. The van der Waals surface area contributed by atoms with Gasteiger partial charge in [0.15, 0.2) is 0 Å². The number of carbonyl (C=O) groups is 1. The lowest BCUT2D eigenvalue weighted by atomic mass is 10.4. The summed E-state index contributed by atoms with van der Waals surface area (Å²) >= 11 is 1.44. The summed E-state index contributed by atoms with van der Waals surface area (Å²) < 4.78 is 6.31. The third-order valence-corrected chi connectivity index (χ3v) is 3.98. The molecule has 0 unspecified atom stereocenters. The second-order valence-corrected chi connectivity index (χ2v) is 5.50. The first kappa shape index (κ1) is 12.3. The first-order valence-electron chi connectivity index (χ1n) is 6.22. The van der Waals surface area contributed by atoms with E-state index < -0.39 is 0 Å². The lowest BCUT2D eigenvalue weighted by Crippen LogP contribution is -2.16. The van der Waals surface area contributed by atoms with Crippen LogP contribution in [0.5, 0.6) is 0 Å². The molecule has 1 fully saturated rings. The van der Waals surface area contributed by atoms with Gasteiger partial charge in [0, 0.05) is 18.4 Å². The number of carbonyl (C=O) groups excluding carboxylic acids is 1. The summed E-state index contributed by atoms with van der Waals surface area (Å²) in [6.45, 7) is 1.76. The Morgan fingerprint density at radius 2 is 2.37 bits per heavy atom. The van der Waals surface area contributed by atoms with Gasteiger partial charge in [-0.2, -0.15) is 9.61 Å². The first-order chi connectivity index (χ1) is 9.17. The van der Waals surface area contributed by atoms with Gasteiger partial charge in [-0.05, 0) is 12.8 Å². The van der Waals surface area contributed by atoms with Crippen LogP contribution in [0.1, 0.15) is 42.8 Å². The fraction of sp³-hybridized carbons (Fsp3) is 0.500. The molecule has 2 aromatic rings. The fourth-order valence-corrected chi connectivity index (χ4v) is 2.79. The molecule has 2 aromatic heterocycles. The third-order valence-electron chi connectivity index (χ3n) is 2.91. The van der Waals surface area contributed by atoms with Gasteiger partial charge in [0.25, 0.3) is 5.56 Å². The summed E-state index contributed by atoms with van der Waals surface area (Å²) in [5, 5.41) is 5.24. The predicted molar refractivity (Wildman–Crippen MR) is 69.2 cm³/mol. The van der Waals surface area contributed by atoms with Crippen LogP contribution < -0.4 is 5.56 Å². The Balaban J connectivity index is 1.89. The van der Waals surface area contributed by atoms with E-state index in [1.165, 1.54) is 21.9 Å². The Labute approximate surface area is 113 Å². The first-order valence-corrected chi connectivity index (χ1v) is 7.04. The molecule has 100 valence electrons. The average Bonchev–Trinajstić information content (AvgIpc) is 3.16. The van der Waals surface area contributed by atoms with Crippen molar-refractivity contribution in [2.45, 2.75) is 38.7 Å². The van der Waals surface area contributed by atoms with Crippen LogP contribution in [0.25, 0.3) is 4.96 Å². The van der Waals surface area contributed by atoms with Crippen molar-refractivity contribution in [3.05, 3.63) is 27.1 Å². The van der Waals surface area contributed by atoms with Crippen LogP contribution in [-0.4, -0.2) is 20.6 Å². The Morgan fingerprint density at radius 1 is 1.58 bits per heavy atom. The van der Waals surface area contributed by atoms with Gasteiger partial charge in [-0.25, -0.2) is 4.98 Å². The number of hydrogen-bond acceptors (Lipinski definition) is 6. The number of ether oxygens (including phenoxy) is 1. The van der Waals surface area contributed by atoms with Gasteiger partial charge in [-0.15, -0.1) is 0 Å². The van der Waals surface area contributed by atoms with Crippen LogP contribution >= 0.6 is 11.3 Å². The fourth-order valence-electron chi connectivity index (χ4n) is 1.70. The topological polar surface area (TPSA) is 73.6 Å². The van der Waals surface area contributed by atoms with Crippen LogP contribution in [0.15, 0.2) is 10.9 Å². The van der Waals surface area contributed by atoms with Gasteiger partial charge in [-0.1, -0.05) is 18.3 Å². The summed E-state index contributed by atoms with van der Waals surface area (Å²) in [5.41, 5.74) is 0.244. The maximum Gasteiger partial charge on any atom is 0.305 e. The van der Waals surface area contributed by atoms with Gasteiger partial charge < -0.3 is 4.74 Å². The lowest BCUT2D eigenvalue weighted by molar-refractivity contribution is -0.144. The molecule has 0 radical (unpaired) electrons. The van der Waals surface area contributed by atoms with Crippen molar-refractivity contribution in [1.29, 1.82) is 0 Å². The standard InChI is InChI=1S/C12H13N3O3S/c1-2-10(17)18-6-8-5-9(16)15-12(13-8)19-11(14-15)7-3-4-7/h5,7H,2-4,6H2,1H3. The van der Waals surface area contributed by atoms with E-state index in [0.717, 1.165) is 17.8 Å². The third kappa shape index (κ3) is 2.51. The van der Waals surface area contributed by atoms with Gasteiger partial charge in [0.1, 0.15) is 11.6 Å². The molecule has 0 atom stereocenters. The minimum absolute atomic E-state index is 0.0368. The maximum absolute atomic E-state index is 11.9. The largest absolute Gasteiger partial charge is 0.459 e. The van der Waals surface area contributed by atoms with Crippen LogP contribution in [0.3, 0.4) is 0 Å². The molecule has 0 aromatic carbocycles. The van der Waals surface area contributed by atoms with Crippen LogP contribution in [0.2, 0.25) is 0 Å². The van der Waals surface area contributed by atoms with E-state index >= 15 is 0 Å². The van der Waals surface area contributed by atoms with Crippen molar-refractivity contribution in [3.63, 3.8) is 0 Å². The normalized spacial score (nSPS) is 14.8. The highest BCUT2D eigenvalue weighted by Crippen LogP contribution is 2.41. The Hall–Kier alpha value is -1.76. The second-order valence-electron chi connectivity index (χ2n) is 4.51. The number of hydrogen-bond donors (Lipinski definition) is 0. The van der Waals surface area contributed by atoms with E-state index in [1.807, 2.05) is 0 Å². The molecule has 0 aliphatic heterocycles. The number of esters is 1. The van der Waals surface area contributed by atoms with Gasteiger partial charge in [0.05, 0.1) is 5.69 Å². The van der Waals surface area contributed by atoms with Crippen LogP contribution in [0, 0.1) is 0 Å². The summed E-state index contributed by atoms with van der Waals surface area (Å²) in [4.78, 5) is 27.9. The maximum atomic E-state index is 11.9. The molecule has 6 nitrogen and oxygen atoms in total. The molecule has 3 rings (SSSR count). The Kier molecular flexibility index (Phi) is 3.06. The number of rotatable bonds is 4. The van der Waals surface area contributed by atoms with E-state index in [-0.39, 0.29) is 18.1 Å². The molecule has 2 heterocycles. The zero-order valence-corrected chi connectivity index (χ0v) is 11.3. The van der Waals surface area contributed by atoms with Crippen molar-refractivity contribution < 1.29 is 9.53 Å². The lowest BCUT2D eigenvalue weighted by Gasteiger charge is -2.01. The molecule has 0 spiro atoms. The van der Waals surface area contributed by atoms with E-state index in [1.54, 1.807) is 6.92 Å². The van der Waals surface area contributed by atoms with Gasteiger partial charge in [0.2, 0.25) is 4.96 Å².